The van der Waals surface area contributed by atoms with Gasteiger partial charge in [0, 0.05) is 5.56 Å². The zero-order valence-electron chi connectivity index (χ0n) is 17.3. The van der Waals surface area contributed by atoms with Crippen molar-refractivity contribution in [3.8, 4) is 22.9 Å². The lowest BCUT2D eigenvalue weighted by Crippen LogP contribution is -2.10. The molecular weight excluding hydrogens is 398 g/mol. The Morgan fingerprint density at radius 1 is 1.03 bits per heavy atom. The van der Waals surface area contributed by atoms with Crippen molar-refractivity contribution in [2.24, 2.45) is 5.10 Å². The predicted molar refractivity (Wildman–Crippen MR) is 122 cm³/mol. The minimum absolute atomic E-state index is 0.423. The summed E-state index contributed by atoms with van der Waals surface area (Å²) in [7, 11) is 0. The Kier molecular flexibility index (Phi) is 8.02. The first-order valence-electron chi connectivity index (χ1n) is 10.1. The fourth-order valence-corrected chi connectivity index (χ4v) is 2.98. The van der Waals surface area contributed by atoms with Crippen LogP contribution in [0.5, 0.6) is 11.5 Å². The molecule has 8 heteroatoms. The number of hydrazone groups is 1. The van der Waals surface area contributed by atoms with E-state index in [1.807, 2.05) is 55.5 Å². The lowest BCUT2D eigenvalue weighted by molar-refractivity contribution is 0.306. The first kappa shape index (κ1) is 21.6. The van der Waals surface area contributed by atoms with Gasteiger partial charge >= 0.3 is 0 Å². The van der Waals surface area contributed by atoms with E-state index in [9.17, 15) is 0 Å². The second kappa shape index (κ2) is 11.2. The Morgan fingerprint density at radius 2 is 1.73 bits per heavy atom. The van der Waals surface area contributed by atoms with Gasteiger partial charge in [0.1, 0.15) is 11.5 Å². The van der Waals surface area contributed by atoms with Crippen molar-refractivity contribution in [1.82, 2.24) is 14.9 Å². The smallest absolute Gasteiger partial charge is 0.216 e. The molecule has 0 unspecified atom stereocenters. The van der Waals surface area contributed by atoms with Crippen LogP contribution in [-0.4, -0.2) is 34.3 Å². The average Bonchev–Trinajstić information content (AvgIpc) is 3.13. The lowest BCUT2D eigenvalue weighted by Gasteiger charge is -2.07. The van der Waals surface area contributed by atoms with Crippen molar-refractivity contribution < 1.29 is 9.47 Å². The van der Waals surface area contributed by atoms with Crippen molar-refractivity contribution in [3.63, 3.8) is 0 Å². The maximum atomic E-state index is 5.73. The fourth-order valence-electron chi connectivity index (χ4n) is 2.80. The minimum atomic E-state index is 0.423. The Balaban J connectivity index is 1.62. The number of nitrogens with zero attached hydrogens (tertiary/aromatic N) is 3. The number of benzene rings is 2. The summed E-state index contributed by atoms with van der Waals surface area (Å²) in [6.07, 6.45) is 5.17. The zero-order valence-corrected chi connectivity index (χ0v) is 18.1. The van der Waals surface area contributed by atoms with E-state index in [-0.39, 0.29) is 0 Å². The molecule has 0 aliphatic rings. The monoisotopic (exact) mass is 425 g/mol. The third kappa shape index (κ3) is 5.93. The van der Waals surface area contributed by atoms with E-state index < -0.39 is 0 Å². The number of aromatic amines is 1. The van der Waals surface area contributed by atoms with Gasteiger partial charge in [-0.15, -0.1) is 0 Å². The van der Waals surface area contributed by atoms with E-state index in [1.165, 1.54) is 12.8 Å². The summed E-state index contributed by atoms with van der Waals surface area (Å²) in [5, 5.41) is 11.4. The highest BCUT2D eigenvalue weighted by Gasteiger charge is 2.08. The molecule has 0 radical (unpaired) electrons. The standard InChI is InChI=1S/C22H27N5O2S/c1-3-5-6-15-29-20-11-7-17(8-12-20)16-23-26-27-21(24-25-22(27)30)18-9-13-19(14-10-18)28-4-2/h7-14,16,26H,3-6,15H2,1-2H3,(H,25,30)/b23-16-. The Bertz CT molecular complexity index is 994. The number of aromatic nitrogens is 3. The van der Waals surface area contributed by atoms with E-state index in [1.54, 1.807) is 10.9 Å². The number of nitrogens with one attached hydrogen (secondary N) is 2. The van der Waals surface area contributed by atoms with Crippen molar-refractivity contribution in [1.29, 1.82) is 0 Å². The molecule has 30 heavy (non-hydrogen) atoms. The number of unbranched alkanes of at least 4 members (excludes halogenated alkanes) is 2. The summed E-state index contributed by atoms with van der Waals surface area (Å²) >= 11 is 5.31. The summed E-state index contributed by atoms with van der Waals surface area (Å²) in [5.74, 6) is 2.31. The molecule has 7 nitrogen and oxygen atoms in total. The van der Waals surface area contributed by atoms with Crippen molar-refractivity contribution >= 4 is 18.4 Å². The largest absolute Gasteiger partial charge is 0.494 e. The van der Waals surface area contributed by atoms with E-state index in [4.69, 9.17) is 21.7 Å². The SMILES string of the molecule is CCCCCOc1ccc(/C=N\Nn2c(-c3ccc(OCC)cc3)n[nH]c2=S)cc1. The molecule has 0 saturated carbocycles. The average molecular weight is 426 g/mol. The van der Waals surface area contributed by atoms with Crippen LogP contribution < -0.4 is 15.0 Å². The quantitative estimate of drug-likeness (QED) is 0.192. The third-order valence-electron chi connectivity index (χ3n) is 4.36. The maximum Gasteiger partial charge on any atom is 0.216 e. The zero-order chi connectivity index (χ0) is 21.2. The van der Waals surface area contributed by atoms with E-state index in [0.717, 1.165) is 35.7 Å². The maximum absolute atomic E-state index is 5.73. The molecule has 0 bridgehead atoms. The van der Waals surface area contributed by atoms with Gasteiger partial charge in [0.15, 0.2) is 5.82 Å². The molecule has 0 saturated heterocycles. The van der Waals surface area contributed by atoms with Crippen molar-refractivity contribution in [2.45, 2.75) is 33.1 Å². The van der Waals surface area contributed by atoms with Crippen molar-refractivity contribution in [2.75, 3.05) is 18.7 Å². The Morgan fingerprint density at radius 3 is 2.43 bits per heavy atom. The minimum Gasteiger partial charge on any atom is -0.494 e. The van der Waals surface area contributed by atoms with Gasteiger partial charge < -0.3 is 9.47 Å². The normalized spacial score (nSPS) is 11.0. The molecule has 0 spiro atoms. The van der Waals surface area contributed by atoms with Gasteiger partial charge in [-0.25, -0.2) is 10.6 Å². The predicted octanol–water partition coefficient (Wildman–Crippen LogP) is 5.15. The van der Waals surface area contributed by atoms with Crippen molar-refractivity contribution in [3.05, 3.63) is 58.9 Å². The van der Waals surface area contributed by atoms with Gasteiger partial charge in [-0.1, -0.05) is 19.8 Å². The number of H-pyrrole nitrogens is 1. The van der Waals surface area contributed by atoms with E-state index >= 15 is 0 Å². The molecule has 0 fully saturated rings. The van der Waals surface area contributed by atoms with Gasteiger partial charge in [-0.2, -0.15) is 14.9 Å². The van der Waals surface area contributed by atoms with Gasteiger partial charge in [0.2, 0.25) is 4.77 Å². The van der Waals surface area contributed by atoms with Gasteiger partial charge in [-0.3, -0.25) is 0 Å². The van der Waals surface area contributed by atoms with Crippen LogP contribution in [0.25, 0.3) is 11.4 Å². The number of hydrogen-bond acceptors (Lipinski definition) is 6. The molecule has 158 valence electrons. The summed E-state index contributed by atoms with van der Waals surface area (Å²) < 4.78 is 13.3. The first-order chi connectivity index (χ1) is 14.7. The van der Waals surface area contributed by atoms with Crippen LogP contribution in [0.1, 0.15) is 38.7 Å². The second-order valence-electron chi connectivity index (χ2n) is 6.63. The molecule has 1 aromatic heterocycles. The Hall–Kier alpha value is -3.13. The van der Waals surface area contributed by atoms with Crippen LogP contribution in [0.3, 0.4) is 0 Å². The summed E-state index contributed by atoms with van der Waals surface area (Å²) in [4.78, 5) is 0. The molecule has 3 aromatic rings. The highest BCUT2D eigenvalue weighted by molar-refractivity contribution is 7.71. The van der Waals surface area contributed by atoms with E-state index in [2.05, 4.69) is 27.8 Å². The molecule has 2 aromatic carbocycles. The summed E-state index contributed by atoms with van der Waals surface area (Å²) in [6.45, 7) is 5.51. The van der Waals surface area contributed by atoms with Gasteiger partial charge in [0.05, 0.1) is 19.4 Å². The molecule has 0 aliphatic heterocycles. The van der Waals surface area contributed by atoms with Gasteiger partial charge in [-0.05, 0) is 79.7 Å². The summed E-state index contributed by atoms with van der Waals surface area (Å²) in [6, 6.07) is 15.5. The van der Waals surface area contributed by atoms with Crippen LogP contribution in [-0.2, 0) is 0 Å². The van der Waals surface area contributed by atoms with Crippen LogP contribution >= 0.6 is 12.2 Å². The lowest BCUT2D eigenvalue weighted by atomic mass is 10.2. The number of rotatable bonds is 11. The molecule has 1 heterocycles. The first-order valence-corrected chi connectivity index (χ1v) is 10.5. The highest BCUT2D eigenvalue weighted by atomic mass is 32.1. The topological polar surface area (TPSA) is 76.5 Å². The molecule has 2 N–H and O–H groups in total. The third-order valence-corrected chi connectivity index (χ3v) is 4.64. The van der Waals surface area contributed by atoms with Crippen LogP contribution in [0.2, 0.25) is 0 Å². The fraction of sp³-hybridized carbons (Fsp3) is 0.318. The number of hydrogen-bond donors (Lipinski definition) is 2. The summed E-state index contributed by atoms with van der Waals surface area (Å²) in [5.41, 5.74) is 4.77. The van der Waals surface area contributed by atoms with Gasteiger partial charge in [0.25, 0.3) is 0 Å². The number of ether oxygens (including phenoxy) is 2. The molecule has 0 atom stereocenters. The molecule has 0 amide bonds. The van der Waals surface area contributed by atoms with E-state index in [0.29, 0.717) is 17.2 Å². The van der Waals surface area contributed by atoms with Crippen LogP contribution in [0.15, 0.2) is 53.6 Å². The molecule has 0 aliphatic carbocycles. The van der Waals surface area contributed by atoms with Crippen LogP contribution in [0.4, 0.5) is 0 Å². The highest BCUT2D eigenvalue weighted by Crippen LogP contribution is 2.20. The Labute approximate surface area is 181 Å². The van der Waals surface area contributed by atoms with Crippen LogP contribution in [0, 0.1) is 4.77 Å². The molecule has 3 rings (SSSR count). The molecular formula is C22H27N5O2S. The second-order valence-corrected chi connectivity index (χ2v) is 7.01.